The van der Waals surface area contributed by atoms with E-state index in [2.05, 4.69) is 40.3 Å². The Morgan fingerprint density at radius 1 is 1.63 bits per heavy atom. The molecule has 1 heterocycles. The fourth-order valence-corrected chi connectivity index (χ4v) is 1.87. The van der Waals surface area contributed by atoms with Gasteiger partial charge in [0.15, 0.2) is 0 Å². The molecule has 0 fully saturated rings. The van der Waals surface area contributed by atoms with Gasteiger partial charge in [0.2, 0.25) is 5.95 Å². The molecule has 0 aromatic carbocycles. The normalized spacial score (nSPS) is 12.7. The molecule has 0 radical (unpaired) electrons. The van der Waals surface area contributed by atoms with Crippen molar-refractivity contribution in [2.75, 3.05) is 39.1 Å². The van der Waals surface area contributed by atoms with Gasteiger partial charge >= 0.3 is 0 Å². The molecule has 0 aliphatic heterocycles. The van der Waals surface area contributed by atoms with E-state index in [0.717, 1.165) is 37.8 Å². The standard InChI is InChI=1S/C14H26N4O/c1-6-8-18-10-12(3)16-14(18)15-9-13(19-5)11-17(4)7-2/h6,10,13H,1,7-9,11H2,2-5H3,(H,15,16). The Balaban J connectivity index is 2.56. The lowest BCUT2D eigenvalue weighted by molar-refractivity contribution is 0.0826. The predicted molar refractivity (Wildman–Crippen MR) is 79.6 cm³/mol. The lowest BCUT2D eigenvalue weighted by atomic mass is 10.3. The van der Waals surface area contributed by atoms with Gasteiger partial charge in [-0.3, -0.25) is 0 Å². The molecular weight excluding hydrogens is 240 g/mol. The second kappa shape index (κ2) is 7.96. The maximum atomic E-state index is 5.49. The molecule has 1 N–H and O–H groups in total. The summed E-state index contributed by atoms with van der Waals surface area (Å²) in [6.45, 7) is 11.3. The highest BCUT2D eigenvalue weighted by Crippen LogP contribution is 2.09. The molecular formula is C14H26N4O. The first-order valence-electron chi connectivity index (χ1n) is 6.70. The molecule has 5 nitrogen and oxygen atoms in total. The van der Waals surface area contributed by atoms with Crippen molar-refractivity contribution in [2.45, 2.75) is 26.5 Å². The molecule has 0 amide bonds. The van der Waals surface area contributed by atoms with Gasteiger partial charge in [-0.25, -0.2) is 4.98 Å². The van der Waals surface area contributed by atoms with Gasteiger partial charge in [-0.05, 0) is 20.5 Å². The minimum Gasteiger partial charge on any atom is -0.378 e. The zero-order valence-electron chi connectivity index (χ0n) is 12.5. The lowest BCUT2D eigenvalue weighted by Crippen LogP contribution is -2.35. The van der Waals surface area contributed by atoms with Crippen molar-refractivity contribution in [1.82, 2.24) is 14.5 Å². The fourth-order valence-electron chi connectivity index (χ4n) is 1.87. The van der Waals surface area contributed by atoms with Gasteiger partial charge in [0, 0.05) is 32.9 Å². The van der Waals surface area contributed by atoms with Crippen LogP contribution in [-0.2, 0) is 11.3 Å². The van der Waals surface area contributed by atoms with Crippen LogP contribution in [0.1, 0.15) is 12.6 Å². The van der Waals surface area contributed by atoms with Gasteiger partial charge in [-0.15, -0.1) is 6.58 Å². The number of nitrogens with zero attached hydrogens (tertiary/aromatic N) is 3. The minimum atomic E-state index is 0.152. The Kier molecular flexibility index (Phi) is 6.59. The van der Waals surface area contributed by atoms with Crippen LogP contribution in [0.15, 0.2) is 18.9 Å². The van der Waals surface area contributed by atoms with E-state index in [1.807, 2.05) is 19.2 Å². The van der Waals surface area contributed by atoms with Crippen LogP contribution in [0.5, 0.6) is 0 Å². The third-order valence-corrected chi connectivity index (χ3v) is 3.10. The maximum absolute atomic E-state index is 5.49. The number of imidazole rings is 1. The summed E-state index contributed by atoms with van der Waals surface area (Å²) in [6.07, 6.45) is 4.04. The average molecular weight is 266 g/mol. The number of methoxy groups -OCH3 is 1. The number of hydrogen-bond acceptors (Lipinski definition) is 4. The van der Waals surface area contributed by atoms with Crippen molar-refractivity contribution >= 4 is 5.95 Å². The molecule has 0 aliphatic carbocycles. The minimum absolute atomic E-state index is 0.152. The van der Waals surface area contributed by atoms with Crippen LogP contribution in [0.2, 0.25) is 0 Å². The van der Waals surface area contributed by atoms with Crippen LogP contribution in [0.25, 0.3) is 0 Å². The third kappa shape index (κ3) is 5.04. The number of likely N-dealkylation sites (N-methyl/N-ethyl adjacent to an activating group) is 1. The van der Waals surface area contributed by atoms with Crippen LogP contribution in [0, 0.1) is 6.92 Å². The number of allylic oxidation sites excluding steroid dienone is 1. The maximum Gasteiger partial charge on any atom is 0.203 e. The summed E-state index contributed by atoms with van der Waals surface area (Å²) in [5.41, 5.74) is 1.00. The molecule has 0 saturated carbocycles. The molecule has 0 saturated heterocycles. The molecule has 1 rings (SSSR count). The van der Waals surface area contributed by atoms with Gasteiger partial charge < -0.3 is 19.5 Å². The molecule has 19 heavy (non-hydrogen) atoms. The van der Waals surface area contributed by atoms with Crippen molar-refractivity contribution in [3.05, 3.63) is 24.5 Å². The third-order valence-electron chi connectivity index (χ3n) is 3.10. The van der Waals surface area contributed by atoms with Crippen LogP contribution in [0.3, 0.4) is 0 Å². The summed E-state index contributed by atoms with van der Waals surface area (Å²) in [6, 6.07) is 0. The topological polar surface area (TPSA) is 42.3 Å². The SMILES string of the molecule is C=CCn1cc(C)nc1NCC(CN(C)CC)OC. The van der Waals surface area contributed by atoms with E-state index in [4.69, 9.17) is 4.74 Å². The summed E-state index contributed by atoms with van der Waals surface area (Å²) in [5, 5.41) is 3.35. The predicted octanol–water partition coefficient (Wildman–Crippen LogP) is 1.76. The molecule has 1 aromatic rings. The van der Waals surface area contributed by atoms with E-state index in [1.54, 1.807) is 7.11 Å². The zero-order valence-corrected chi connectivity index (χ0v) is 12.5. The second-order valence-electron chi connectivity index (χ2n) is 4.74. The molecule has 0 bridgehead atoms. The molecule has 1 atom stereocenters. The van der Waals surface area contributed by atoms with Gasteiger partial charge in [-0.2, -0.15) is 0 Å². The summed E-state index contributed by atoms with van der Waals surface area (Å²) in [4.78, 5) is 6.70. The highest BCUT2D eigenvalue weighted by atomic mass is 16.5. The summed E-state index contributed by atoms with van der Waals surface area (Å²) in [7, 11) is 3.84. The molecule has 5 heteroatoms. The van der Waals surface area contributed by atoms with Crippen molar-refractivity contribution in [3.8, 4) is 0 Å². The Labute approximate surface area is 116 Å². The number of anilines is 1. The van der Waals surface area contributed by atoms with Crippen molar-refractivity contribution < 1.29 is 4.74 Å². The fraction of sp³-hybridized carbons (Fsp3) is 0.643. The molecule has 108 valence electrons. The monoisotopic (exact) mass is 266 g/mol. The summed E-state index contributed by atoms with van der Waals surface area (Å²) < 4.78 is 7.54. The van der Waals surface area contributed by atoms with E-state index in [1.165, 1.54) is 0 Å². The Bertz CT molecular complexity index is 389. The first-order valence-corrected chi connectivity index (χ1v) is 6.70. The van der Waals surface area contributed by atoms with Crippen LogP contribution < -0.4 is 5.32 Å². The van der Waals surface area contributed by atoms with Gasteiger partial charge in [0.1, 0.15) is 0 Å². The number of aryl methyl sites for hydroxylation is 1. The molecule has 0 aliphatic rings. The average Bonchev–Trinajstić information content (AvgIpc) is 2.74. The summed E-state index contributed by atoms with van der Waals surface area (Å²) in [5.74, 6) is 0.874. The number of nitrogens with one attached hydrogen (secondary N) is 1. The van der Waals surface area contributed by atoms with Crippen LogP contribution in [-0.4, -0.2) is 54.3 Å². The van der Waals surface area contributed by atoms with E-state index in [0.29, 0.717) is 0 Å². The van der Waals surface area contributed by atoms with E-state index < -0.39 is 0 Å². The van der Waals surface area contributed by atoms with E-state index in [9.17, 15) is 0 Å². The first kappa shape index (κ1) is 15.7. The van der Waals surface area contributed by atoms with Crippen LogP contribution in [0.4, 0.5) is 5.95 Å². The number of ether oxygens (including phenoxy) is 1. The number of hydrogen-bond donors (Lipinski definition) is 1. The highest BCUT2D eigenvalue weighted by molar-refractivity contribution is 5.29. The molecule has 1 aromatic heterocycles. The quantitative estimate of drug-likeness (QED) is 0.692. The molecule has 0 spiro atoms. The van der Waals surface area contributed by atoms with Gasteiger partial charge in [0.25, 0.3) is 0 Å². The lowest BCUT2D eigenvalue weighted by Gasteiger charge is -2.22. The van der Waals surface area contributed by atoms with Gasteiger partial charge in [0.05, 0.1) is 11.8 Å². The summed E-state index contributed by atoms with van der Waals surface area (Å²) >= 11 is 0. The van der Waals surface area contributed by atoms with Crippen molar-refractivity contribution in [3.63, 3.8) is 0 Å². The Morgan fingerprint density at radius 2 is 2.37 bits per heavy atom. The van der Waals surface area contributed by atoms with Crippen molar-refractivity contribution in [1.29, 1.82) is 0 Å². The Hall–Kier alpha value is -1.33. The molecule has 1 unspecified atom stereocenters. The number of aromatic nitrogens is 2. The van der Waals surface area contributed by atoms with E-state index >= 15 is 0 Å². The number of rotatable bonds is 9. The van der Waals surface area contributed by atoms with Crippen molar-refractivity contribution in [2.24, 2.45) is 0 Å². The first-order chi connectivity index (χ1) is 9.10. The second-order valence-corrected chi connectivity index (χ2v) is 4.74. The Morgan fingerprint density at radius 3 is 2.95 bits per heavy atom. The van der Waals surface area contributed by atoms with E-state index in [-0.39, 0.29) is 6.10 Å². The van der Waals surface area contributed by atoms with Gasteiger partial charge in [-0.1, -0.05) is 13.0 Å². The zero-order chi connectivity index (χ0) is 14.3. The highest BCUT2D eigenvalue weighted by Gasteiger charge is 2.11. The van der Waals surface area contributed by atoms with Crippen LogP contribution >= 0.6 is 0 Å². The smallest absolute Gasteiger partial charge is 0.203 e. The largest absolute Gasteiger partial charge is 0.378 e.